The highest BCUT2D eigenvalue weighted by atomic mass is 16.6. The quantitative estimate of drug-likeness (QED) is 0.412. The Bertz CT molecular complexity index is 1070. The van der Waals surface area contributed by atoms with E-state index in [0.29, 0.717) is 11.8 Å². The summed E-state index contributed by atoms with van der Waals surface area (Å²) in [5, 5.41) is 15.4. The Morgan fingerprint density at radius 2 is 1.71 bits per heavy atom. The summed E-state index contributed by atoms with van der Waals surface area (Å²) in [6.07, 6.45) is 2.09. The Morgan fingerprint density at radius 3 is 2.42 bits per heavy atom. The van der Waals surface area contributed by atoms with E-state index in [2.05, 4.69) is 72.9 Å². The molecule has 0 radical (unpaired) electrons. The molecule has 1 aliphatic carbocycles. The summed E-state index contributed by atoms with van der Waals surface area (Å²) in [5.41, 5.74) is 6.23. The third kappa shape index (κ3) is 3.71. The Labute approximate surface area is 183 Å². The molecule has 1 N–H and O–H groups in total. The molecule has 1 saturated carbocycles. The zero-order valence-corrected chi connectivity index (χ0v) is 17.8. The zero-order valence-electron chi connectivity index (χ0n) is 17.8. The molecular formula is C27H28N2O2. The maximum absolute atomic E-state index is 11.6. The Morgan fingerprint density at radius 1 is 1.00 bits per heavy atom. The van der Waals surface area contributed by atoms with Crippen LogP contribution in [0.4, 0.5) is 5.69 Å². The van der Waals surface area contributed by atoms with Crippen molar-refractivity contribution in [1.29, 1.82) is 0 Å². The number of anilines is 1. The zero-order chi connectivity index (χ0) is 21.4. The highest BCUT2D eigenvalue weighted by molar-refractivity contribution is 5.61. The Balaban J connectivity index is 1.57. The smallest absolute Gasteiger partial charge is 0.211 e. The van der Waals surface area contributed by atoms with Crippen molar-refractivity contribution in [2.24, 2.45) is 11.8 Å². The predicted octanol–water partition coefficient (Wildman–Crippen LogP) is 6.01. The second kappa shape index (κ2) is 8.18. The summed E-state index contributed by atoms with van der Waals surface area (Å²) in [7, 11) is 0. The molecule has 2 aliphatic rings. The van der Waals surface area contributed by atoms with Crippen LogP contribution in [-0.4, -0.2) is 17.5 Å². The molecule has 0 spiro atoms. The summed E-state index contributed by atoms with van der Waals surface area (Å²) in [6, 6.07) is 27.7. The topological polar surface area (TPSA) is 55.2 Å². The molecule has 0 amide bonds. The molecule has 3 aromatic rings. The van der Waals surface area contributed by atoms with E-state index in [-0.39, 0.29) is 29.3 Å². The van der Waals surface area contributed by atoms with Crippen LogP contribution in [0, 0.1) is 28.9 Å². The largest absolute Gasteiger partial charge is 0.381 e. The molecular weight excluding hydrogens is 384 g/mol. The van der Waals surface area contributed by atoms with E-state index in [9.17, 15) is 10.1 Å². The van der Waals surface area contributed by atoms with Crippen molar-refractivity contribution in [3.63, 3.8) is 0 Å². The highest BCUT2D eigenvalue weighted by Gasteiger charge is 2.48. The molecule has 1 fully saturated rings. The Kier molecular flexibility index (Phi) is 5.23. The Hall–Kier alpha value is -3.14. The van der Waals surface area contributed by atoms with Crippen molar-refractivity contribution in [2.45, 2.75) is 37.6 Å². The summed E-state index contributed by atoms with van der Waals surface area (Å²) >= 11 is 0. The fraction of sp³-hybridized carbons (Fsp3) is 0.333. The fourth-order valence-electron chi connectivity index (χ4n) is 6.02. The maximum Gasteiger partial charge on any atom is 0.211 e. The molecule has 5 atom stereocenters. The molecule has 5 rings (SSSR count). The van der Waals surface area contributed by atoms with Gasteiger partial charge in [-0.15, -0.1) is 0 Å². The van der Waals surface area contributed by atoms with Crippen molar-refractivity contribution in [1.82, 2.24) is 0 Å². The summed E-state index contributed by atoms with van der Waals surface area (Å²) in [4.78, 5) is 11.5. The second-order valence-corrected chi connectivity index (χ2v) is 9.09. The molecule has 1 aliphatic heterocycles. The van der Waals surface area contributed by atoms with Crippen LogP contribution in [0.3, 0.4) is 0 Å². The van der Waals surface area contributed by atoms with Crippen LogP contribution >= 0.6 is 0 Å². The third-order valence-electron chi connectivity index (χ3n) is 7.30. The lowest BCUT2D eigenvalue weighted by Gasteiger charge is -2.41. The van der Waals surface area contributed by atoms with Crippen LogP contribution in [0.1, 0.15) is 46.9 Å². The lowest BCUT2D eigenvalue weighted by molar-refractivity contribution is -0.485. The van der Waals surface area contributed by atoms with Crippen molar-refractivity contribution >= 4 is 5.69 Å². The lowest BCUT2D eigenvalue weighted by atomic mass is 9.71. The summed E-state index contributed by atoms with van der Waals surface area (Å²) in [6.45, 7) is 2.13. The molecule has 3 aromatic carbocycles. The van der Waals surface area contributed by atoms with Crippen LogP contribution in [0.5, 0.6) is 0 Å². The molecule has 158 valence electrons. The van der Waals surface area contributed by atoms with Crippen LogP contribution in [-0.2, 0) is 0 Å². The van der Waals surface area contributed by atoms with Crippen LogP contribution in [0.25, 0.3) is 0 Å². The first-order chi connectivity index (χ1) is 15.1. The number of hydrogen-bond donors (Lipinski definition) is 1. The SMILES string of the molecule is Cc1ccc2c(c1)[C@@H](c1ccccc1)[C@@H]1CC[C@H]([C@H](C[N+](=O)[O-])c3ccccc3)[C@H]1N2. The molecule has 1 heterocycles. The van der Waals surface area contributed by atoms with Gasteiger partial charge in [0.1, 0.15) is 0 Å². The molecule has 0 aromatic heterocycles. The third-order valence-corrected chi connectivity index (χ3v) is 7.30. The molecule has 0 saturated heterocycles. The first-order valence-corrected chi connectivity index (χ1v) is 11.2. The lowest BCUT2D eigenvalue weighted by Crippen LogP contribution is -2.41. The summed E-state index contributed by atoms with van der Waals surface area (Å²) in [5.74, 6) is 0.902. The van der Waals surface area contributed by atoms with E-state index in [1.165, 1.54) is 22.4 Å². The molecule has 0 bridgehead atoms. The predicted molar refractivity (Wildman–Crippen MR) is 124 cm³/mol. The van der Waals surface area contributed by atoms with Gasteiger partial charge in [-0.2, -0.15) is 0 Å². The number of nitro groups is 1. The number of fused-ring (bicyclic) bond motifs is 2. The van der Waals surface area contributed by atoms with Gasteiger partial charge in [0.25, 0.3) is 0 Å². The van der Waals surface area contributed by atoms with Crippen molar-refractivity contribution in [3.05, 3.63) is 111 Å². The minimum atomic E-state index is -0.139. The van der Waals surface area contributed by atoms with E-state index in [1.54, 1.807) is 0 Å². The van der Waals surface area contributed by atoms with Gasteiger partial charge in [-0.1, -0.05) is 78.4 Å². The van der Waals surface area contributed by atoms with E-state index >= 15 is 0 Å². The van der Waals surface area contributed by atoms with E-state index < -0.39 is 0 Å². The first kappa shape index (κ1) is 19.8. The summed E-state index contributed by atoms with van der Waals surface area (Å²) < 4.78 is 0. The van der Waals surface area contributed by atoms with E-state index in [1.807, 2.05) is 18.2 Å². The monoisotopic (exact) mass is 412 g/mol. The standard InChI is InChI=1S/C27H28N2O2/c1-18-12-15-25-23(16-18)26(20-10-6-3-7-11-20)22-14-13-21(27(22)28-25)24(17-29(30)31)19-8-4-2-5-9-19/h2-12,15-16,21-22,24,26-28H,13-14,17H2,1H3/t21-,22+,24-,26+,27-/m1/s1. The van der Waals surface area contributed by atoms with Gasteiger partial charge in [0.05, 0.1) is 5.92 Å². The first-order valence-electron chi connectivity index (χ1n) is 11.2. The van der Waals surface area contributed by atoms with Crippen molar-refractivity contribution in [2.75, 3.05) is 11.9 Å². The molecule has 31 heavy (non-hydrogen) atoms. The van der Waals surface area contributed by atoms with Gasteiger partial charge < -0.3 is 5.32 Å². The van der Waals surface area contributed by atoms with E-state index in [0.717, 1.165) is 18.4 Å². The average molecular weight is 413 g/mol. The molecule has 4 heteroatoms. The number of hydrogen-bond acceptors (Lipinski definition) is 3. The van der Waals surface area contributed by atoms with Crippen LogP contribution in [0.15, 0.2) is 78.9 Å². The minimum Gasteiger partial charge on any atom is -0.381 e. The minimum absolute atomic E-state index is 0.0175. The van der Waals surface area contributed by atoms with Gasteiger partial charge >= 0.3 is 0 Å². The van der Waals surface area contributed by atoms with Gasteiger partial charge in [0.2, 0.25) is 6.54 Å². The molecule has 0 unspecified atom stereocenters. The van der Waals surface area contributed by atoms with Gasteiger partial charge in [0, 0.05) is 22.6 Å². The van der Waals surface area contributed by atoms with Crippen LogP contribution in [0.2, 0.25) is 0 Å². The fourth-order valence-corrected chi connectivity index (χ4v) is 6.02. The number of rotatable bonds is 5. The van der Waals surface area contributed by atoms with E-state index in [4.69, 9.17) is 0 Å². The number of benzene rings is 3. The normalized spacial score (nSPS) is 25.2. The second-order valence-electron chi connectivity index (χ2n) is 9.09. The van der Waals surface area contributed by atoms with Crippen molar-refractivity contribution < 1.29 is 4.92 Å². The number of nitrogens with one attached hydrogen (secondary N) is 1. The molecule has 4 nitrogen and oxygen atoms in total. The number of nitrogens with zero attached hydrogens (tertiary/aromatic N) is 1. The van der Waals surface area contributed by atoms with Gasteiger partial charge in [-0.25, -0.2) is 0 Å². The maximum atomic E-state index is 11.6. The average Bonchev–Trinajstić information content (AvgIpc) is 3.20. The number of aryl methyl sites for hydroxylation is 1. The van der Waals surface area contributed by atoms with Gasteiger partial charge in [-0.05, 0) is 54.4 Å². The van der Waals surface area contributed by atoms with Gasteiger partial charge in [0.15, 0.2) is 0 Å². The van der Waals surface area contributed by atoms with Crippen molar-refractivity contribution in [3.8, 4) is 0 Å². The van der Waals surface area contributed by atoms with Gasteiger partial charge in [-0.3, -0.25) is 10.1 Å². The van der Waals surface area contributed by atoms with Crippen LogP contribution < -0.4 is 5.32 Å². The highest BCUT2D eigenvalue weighted by Crippen LogP contribution is 2.53.